The van der Waals surface area contributed by atoms with Crippen molar-refractivity contribution in [2.24, 2.45) is 5.73 Å². The predicted molar refractivity (Wildman–Crippen MR) is 59.7 cm³/mol. The van der Waals surface area contributed by atoms with Gasteiger partial charge in [0.2, 0.25) is 0 Å². The Bertz CT molecular complexity index is 339. The topological polar surface area (TPSA) is 35.2 Å². The highest BCUT2D eigenvalue weighted by Gasteiger charge is 2.30. The first kappa shape index (κ1) is 13.8. The standard InChI is InChI=1S/C12H16F3NO/c13-12(14,15)17-11-7-4-6-10(9-11)5-2-1-3-8-16/h4,6-7,9H,1-3,5,8,16H2. The molecule has 0 amide bonds. The second-order valence-electron chi connectivity index (χ2n) is 3.79. The molecule has 0 heterocycles. The fraction of sp³-hybridized carbons (Fsp3) is 0.500. The third kappa shape index (κ3) is 6.16. The van der Waals surface area contributed by atoms with Crippen LogP contribution in [-0.2, 0) is 6.42 Å². The highest BCUT2D eigenvalue weighted by atomic mass is 19.4. The van der Waals surface area contributed by atoms with Crippen LogP contribution in [0.15, 0.2) is 24.3 Å². The monoisotopic (exact) mass is 247 g/mol. The van der Waals surface area contributed by atoms with Gasteiger partial charge in [-0.1, -0.05) is 18.6 Å². The molecule has 17 heavy (non-hydrogen) atoms. The Labute approximate surface area is 98.6 Å². The van der Waals surface area contributed by atoms with Crippen molar-refractivity contribution in [1.82, 2.24) is 0 Å². The highest BCUT2D eigenvalue weighted by Crippen LogP contribution is 2.23. The lowest BCUT2D eigenvalue weighted by atomic mass is 10.1. The predicted octanol–water partition coefficient (Wildman–Crippen LogP) is 3.26. The molecule has 0 saturated heterocycles. The Balaban J connectivity index is 2.48. The maximum atomic E-state index is 12.0. The molecule has 1 rings (SSSR count). The molecular formula is C12H16F3NO. The minimum absolute atomic E-state index is 0.158. The van der Waals surface area contributed by atoms with Gasteiger partial charge in [-0.05, 0) is 43.5 Å². The van der Waals surface area contributed by atoms with Crippen LogP contribution in [0.4, 0.5) is 13.2 Å². The van der Waals surface area contributed by atoms with Gasteiger partial charge in [-0.2, -0.15) is 0 Å². The molecule has 1 aromatic rings. The molecule has 0 aliphatic carbocycles. The van der Waals surface area contributed by atoms with Crippen LogP contribution >= 0.6 is 0 Å². The summed E-state index contributed by atoms with van der Waals surface area (Å²) >= 11 is 0. The lowest BCUT2D eigenvalue weighted by molar-refractivity contribution is -0.274. The fourth-order valence-corrected chi connectivity index (χ4v) is 1.55. The third-order valence-corrected chi connectivity index (χ3v) is 2.30. The van der Waals surface area contributed by atoms with Gasteiger partial charge in [0.1, 0.15) is 5.75 Å². The zero-order chi connectivity index (χ0) is 12.7. The number of aryl methyl sites for hydroxylation is 1. The molecule has 0 fully saturated rings. The first-order chi connectivity index (χ1) is 8.01. The molecule has 0 spiro atoms. The number of nitrogens with two attached hydrogens (primary N) is 1. The average Bonchev–Trinajstić information content (AvgIpc) is 2.23. The summed E-state index contributed by atoms with van der Waals surface area (Å²) in [5.41, 5.74) is 6.21. The number of hydrogen-bond donors (Lipinski definition) is 1. The molecule has 0 saturated carbocycles. The summed E-state index contributed by atoms with van der Waals surface area (Å²) in [7, 11) is 0. The van der Waals surface area contributed by atoms with E-state index in [4.69, 9.17) is 5.73 Å². The lowest BCUT2D eigenvalue weighted by Gasteiger charge is -2.09. The van der Waals surface area contributed by atoms with Crippen LogP contribution in [0.1, 0.15) is 24.8 Å². The van der Waals surface area contributed by atoms with Crippen molar-refractivity contribution in [3.05, 3.63) is 29.8 Å². The van der Waals surface area contributed by atoms with Crippen molar-refractivity contribution in [1.29, 1.82) is 0 Å². The summed E-state index contributed by atoms with van der Waals surface area (Å²) in [5.74, 6) is -0.158. The van der Waals surface area contributed by atoms with E-state index in [0.717, 1.165) is 31.2 Å². The zero-order valence-electron chi connectivity index (χ0n) is 9.46. The average molecular weight is 247 g/mol. The zero-order valence-corrected chi connectivity index (χ0v) is 9.46. The first-order valence-corrected chi connectivity index (χ1v) is 5.56. The molecule has 0 radical (unpaired) electrons. The Morgan fingerprint density at radius 3 is 2.53 bits per heavy atom. The molecule has 0 unspecified atom stereocenters. The van der Waals surface area contributed by atoms with E-state index in [1.165, 1.54) is 12.1 Å². The van der Waals surface area contributed by atoms with Gasteiger partial charge < -0.3 is 10.5 Å². The second-order valence-corrected chi connectivity index (χ2v) is 3.79. The minimum Gasteiger partial charge on any atom is -0.406 e. The SMILES string of the molecule is NCCCCCc1cccc(OC(F)(F)F)c1. The van der Waals surface area contributed by atoms with Crippen molar-refractivity contribution >= 4 is 0 Å². The number of alkyl halides is 3. The molecule has 1 aromatic carbocycles. The van der Waals surface area contributed by atoms with E-state index in [2.05, 4.69) is 4.74 Å². The van der Waals surface area contributed by atoms with Crippen molar-refractivity contribution in [2.75, 3.05) is 6.54 Å². The summed E-state index contributed by atoms with van der Waals surface area (Å²) in [6, 6.07) is 6.10. The number of ether oxygens (including phenoxy) is 1. The minimum atomic E-state index is -4.63. The van der Waals surface area contributed by atoms with E-state index in [1.54, 1.807) is 12.1 Å². The number of hydrogen-bond acceptors (Lipinski definition) is 2. The molecule has 0 atom stereocenters. The van der Waals surface area contributed by atoms with Crippen LogP contribution in [0.25, 0.3) is 0 Å². The van der Waals surface area contributed by atoms with Gasteiger partial charge in [0, 0.05) is 0 Å². The summed E-state index contributed by atoms with van der Waals surface area (Å²) in [6.45, 7) is 0.650. The molecule has 0 aliphatic heterocycles. The van der Waals surface area contributed by atoms with Crippen LogP contribution in [0.5, 0.6) is 5.75 Å². The summed E-state index contributed by atoms with van der Waals surface area (Å²) in [4.78, 5) is 0. The molecule has 0 aromatic heterocycles. The Kier molecular flexibility index (Phi) is 5.28. The van der Waals surface area contributed by atoms with Gasteiger partial charge in [-0.15, -0.1) is 13.2 Å². The number of benzene rings is 1. The van der Waals surface area contributed by atoms with Crippen LogP contribution < -0.4 is 10.5 Å². The van der Waals surface area contributed by atoms with Gasteiger partial charge in [0.25, 0.3) is 0 Å². The van der Waals surface area contributed by atoms with Crippen LogP contribution in [0, 0.1) is 0 Å². The fourth-order valence-electron chi connectivity index (χ4n) is 1.55. The first-order valence-electron chi connectivity index (χ1n) is 5.56. The van der Waals surface area contributed by atoms with Crippen molar-refractivity contribution in [3.63, 3.8) is 0 Å². The molecule has 5 heteroatoms. The highest BCUT2D eigenvalue weighted by molar-refractivity contribution is 5.28. The van der Waals surface area contributed by atoms with E-state index in [0.29, 0.717) is 6.54 Å². The Hall–Kier alpha value is -1.23. The molecule has 0 bridgehead atoms. The van der Waals surface area contributed by atoms with Crippen LogP contribution in [0.2, 0.25) is 0 Å². The maximum absolute atomic E-state index is 12.0. The summed E-state index contributed by atoms with van der Waals surface area (Å²) < 4.78 is 39.8. The number of rotatable bonds is 6. The second kappa shape index (κ2) is 6.49. The van der Waals surface area contributed by atoms with E-state index in [-0.39, 0.29) is 5.75 Å². The van der Waals surface area contributed by atoms with Gasteiger partial charge in [-0.3, -0.25) is 0 Å². The lowest BCUT2D eigenvalue weighted by Crippen LogP contribution is -2.17. The van der Waals surface area contributed by atoms with E-state index < -0.39 is 6.36 Å². The normalized spacial score (nSPS) is 11.5. The third-order valence-electron chi connectivity index (χ3n) is 2.30. The quantitative estimate of drug-likeness (QED) is 0.783. The molecule has 2 nitrogen and oxygen atoms in total. The molecule has 0 aliphatic rings. The van der Waals surface area contributed by atoms with Crippen LogP contribution in [0.3, 0.4) is 0 Å². The van der Waals surface area contributed by atoms with Gasteiger partial charge in [0.05, 0.1) is 0 Å². The van der Waals surface area contributed by atoms with E-state index in [9.17, 15) is 13.2 Å². The van der Waals surface area contributed by atoms with Crippen molar-refractivity contribution in [3.8, 4) is 5.75 Å². The van der Waals surface area contributed by atoms with Crippen molar-refractivity contribution in [2.45, 2.75) is 32.0 Å². The van der Waals surface area contributed by atoms with E-state index in [1.807, 2.05) is 0 Å². The Morgan fingerprint density at radius 1 is 1.12 bits per heavy atom. The van der Waals surface area contributed by atoms with Crippen LogP contribution in [-0.4, -0.2) is 12.9 Å². The summed E-state index contributed by atoms with van der Waals surface area (Å²) in [5, 5.41) is 0. The molecular weight excluding hydrogens is 231 g/mol. The van der Waals surface area contributed by atoms with Crippen molar-refractivity contribution < 1.29 is 17.9 Å². The van der Waals surface area contributed by atoms with E-state index >= 15 is 0 Å². The van der Waals surface area contributed by atoms with Gasteiger partial charge in [0.15, 0.2) is 0 Å². The summed E-state index contributed by atoms with van der Waals surface area (Å²) in [6.07, 6.45) is -1.03. The Morgan fingerprint density at radius 2 is 1.88 bits per heavy atom. The number of halogens is 3. The molecule has 96 valence electrons. The largest absolute Gasteiger partial charge is 0.573 e. The maximum Gasteiger partial charge on any atom is 0.573 e. The van der Waals surface area contributed by atoms with Gasteiger partial charge in [-0.25, -0.2) is 0 Å². The van der Waals surface area contributed by atoms with Gasteiger partial charge >= 0.3 is 6.36 Å². The number of unbranched alkanes of at least 4 members (excludes halogenated alkanes) is 2. The molecule has 2 N–H and O–H groups in total. The smallest absolute Gasteiger partial charge is 0.406 e.